The molecule has 2 aromatic carbocycles. The number of rotatable bonds is 11. The summed E-state index contributed by atoms with van der Waals surface area (Å²) in [6, 6.07) is 4.18. The van der Waals surface area contributed by atoms with E-state index < -0.39 is 23.4 Å². The largest absolute Gasteiger partial charge is 0.508 e. The summed E-state index contributed by atoms with van der Waals surface area (Å²) in [7, 11) is 1.42. The summed E-state index contributed by atoms with van der Waals surface area (Å²) in [6.07, 6.45) is 5.01. The molecule has 0 unspecified atom stereocenters. The Balaban J connectivity index is 2.38. The first-order valence-corrected chi connectivity index (χ1v) is 13.1. The number of carboxylic acids is 1. The van der Waals surface area contributed by atoms with E-state index in [2.05, 4.69) is 0 Å². The van der Waals surface area contributed by atoms with E-state index in [0.29, 0.717) is 5.56 Å². The first-order chi connectivity index (χ1) is 19.3. The highest BCUT2D eigenvalue weighted by atomic mass is 16.5. The molecule has 0 amide bonds. The molecule has 0 fully saturated rings. The number of benzene rings is 2. The van der Waals surface area contributed by atoms with Gasteiger partial charge in [0.2, 0.25) is 5.43 Å². The topological polar surface area (TPSA) is 170 Å². The molecule has 5 N–H and O–H groups in total. The van der Waals surface area contributed by atoms with Gasteiger partial charge in [-0.25, -0.2) is 0 Å². The maximum Gasteiger partial charge on any atom is 0.320 e. The highest BCUT2D eigenvalue weighted by molar-refractivity contribution is 5.95. The predicted molar refractivity (Wildman–Crippen MR) is 155 cm³/mol. The molecule has 1 heterocycles. The van der Waals surface area contributed by atoms with E-state index in [1.165, 1.54) is 25.3 Å². The fraction of sp³-hybridized carbons (Fsp3) is 0.323. The first kappa shape index (κ1) is 31.0. The van der Waals surface area contributed by atoms with E-state index >= 15 is 0 Å². The van der Waals surface area contributed by atoms with Crippen molar-refractivity contribution in [3.8, 4) is 34.3 Å². The number of carboxylic acid groups (broad SMARTS) is 1. The quantitative estimate of drug-likeness (QED) is 0.138. The van der Waals surface area contributed by atoms with Crippen LogP contribution in [0.1, 0.15) is 51.7 Å². The van der Waals surface area contributed by atoms with Crippen LogP contribution in [-0.2, 0) is 16.0 Å². The molecule has 3 rings (SSSR count). The van der Waals surface area contributed by atoms with Crippen molar-refractivity contribution in [2.75, 3.05) is 7.11 Å². The fourth-order valence-corrected chi connectivity index (χ4v) is 4.05. The summed E-state index contributed by atoms with van der Waals surface area (Å²) >= 11 is 0. The van der Waals surface area contributed by atoms with Gasteiger partial charge in [0.15, 0.2) is 5.75 Å². The number of ether oxygens (including phenoxy) is 2. The van der Waals surface area contributed by atoms with Gasteiger partial charge in [-0.05, 0) is 44.7 Å². The molecule has 0 spiro atoms. The molecule has 41 heavy (non-hydrogen) atoms. The Bertz CT molecular complexity index is 1580. The lowest BCUT2D eigenvalue weighted by atomic mass is 9.98. The van der Waals surface area contributed by atoms with Gasteiger partial charge in [0.1, 0.15) is 40.0 Å². The van der Waals surface area contributed by atoms with Crippen LogP contribution in [0.15, 0.2) is 51.2 Å². The number of allylic oxidation sites excluding steroid dienone is 3. The number of nitrogens with two attached hydrogens (primary N) is 1. The number of carbonyl (C=O) groups is 2. The van der Waals surface area contributed by atoms with E-state index in [1.54, 1.807) is 6.08 Å². The Morgan fingerprint density at radius 1 is 1.15 bits per heavy atom. The Hall–Kier alpha value is -4.57. The molecular weight excluding hydrogens is 530 g/mol. The molecule has 3 aromatic rings. The molecule has 1 aromatic heterocycles. The predicted octanol–water partition coefficient (Wildman–Crippen LogP) is 5.16. The lowest BCUT2D eigenvalue weighted by molar-refractivity contribution is -0.139. The van der Waals surface area contributed by atoms with Gasteiger partial charge in [-0.2, -0.15) is 0 Å². The van der Waals surface area contributed by atoms with E-state index in [0.717, 1.165) is 11.6 Å². The van der Waals surface area contributed by atoms with Crippen LogP contribution in [0.25, 0.3) is 28.4 Å². The van der Waals surface area contributed by atoms with E-state index in [9.17, 15) is 24.6 Å². The molecular formula is C31H35NO9. The first-order valence-electron chi connectivity index (χ1n) is 13.1. The maximum atomic E-state index is 14.2. The number of fused-ring (bicyclic) bond motifs is 1. The van der Waals surface area contributed by atoms with Crippen molar-refractivity contribution in [3.63, 3.8) is 0 Å². The van der Waals surface area contributed by atoms with Crippen LogP contribution in [-0.4, -0.2) is 40.4 Å². The minimum absolute atomic E-state index is 0.0238. The zero-order chi connectivity index (χ0) is 30.4. The van der Waals surface area contributed by atoms with Crippen molar-refractivity contribution >= 4 is 29.0 Å². The molecule has 0 aliphatic rings. The van der Waals surface area contributed by atoms with Crippen LogP contribution < -0.4 is 20.6 Å². The Morgan fingerprint density at radius 2 is 1.85 bits per heavy atom. The van der Waals surface area contributed by atoms with Crippen LogP contribution in [0.2, 0.25) is 0 Å². The number of methoxy groups -OCH3 is 1. The van der Waals surface area contributed by atoms with Gasteiger partial charge in [0, 0.05) is 24.1 Å². The van der Waals surface area contributed by atoms with Crippen molar-refractivity contribution in [2.45, 2.75) is 53.0 Å². The lowest BCUT2D eigenvalue weighted by Gasteiger charge is -2.17. The van der Waals surface area contributed by atoms with Gasteiger partial charge in [0.25, 0.3) is 0 Å². The molecule has 0 saturated carbocycles. The number of hydrogen-bond donors (Lipinski definition) is 4. The Morgan fingerprint density at radius 3 is 2.44 bits per heavy atom. The van der Waals surface area contributed by atoms with Crippen LogP contribution >= 0.6 is 0 Å². The monoisotopic (exact) mass is 565 g/mol. The zero-order valence-electron chi connectivity index (χ0n) is 23.7. The third-order valence-electron chi connectivity index (χ3n) is 6.23. The van der Waals surface area contributed by atoms with Gasteiger partial charge < -0.3 is 34.9 Å². The normalized spacial score (nSPS) is 12.1. The number of hydrogen-bond acceptors (Lipinski definition) is 9. The van der Waals surface area contributed by atoms with Crippen molar-refractivity contribution in [2.24, 2.45) is 11.7 Å². The van der Waals surface area contributed by atoms with Crippen LogP contribution in [0, 0.1) is 5.92 Å². The highest BCUT2D eigenvalue weighted by Gasteiger charge is 2.26. The van der Waals surface area contributed by atoms with Crippen molar-refractivity contribution in [3.05, 3.63) is 63.3 Å². The summed E-state index contributed by atoms with van der Waals surface area (Å²) in [5, 5.41) is 29.5. The lowest BCUT2D eigenvalue weighted by Crippen LogP contribution is -2.31. The maximum absolute atomic E-state index is 14.2. The number of phenols is 2. The molecule has 0 radical (unpaired) electrons. The molecule has 0 aliphatic heterocycles. The molecule has 10 nitrogen and oxygen atoms in total. The zero-order valence-corrected chi connectivity index (χ0v) is 23.7. The molecule has 10 heteroatoms. The SMILES string of the molecule is COc1cc2oc(-c3ccc(O)cc3O)c(CC=C(C)C)c(=O)c2c(OC(=O)CC[C@H](N)C(=O)O)c1/C=C/C(C)C. The second-order valence-corrected chi connectivity index (χ2v) is 10.2. The smallest absolute Gasteiger partial charge is 0.320 e. The Labute approximate surface area is 237 Å². The Kier molecular flexibility index (Phi) is 9.96. The van der Waals surface area contributed by atoms with Crippen LogP contribution in [0.4, 0.5) is 0 Å². The second kappa shape index (κ2) is 13.2. The van der Waals surface area contributed by atoms with Gasteiger partial charge >= 0.3 is 11.9 Å². The van der Waals surface area contributed by atoms with E-state index in [-0.39, 0.29) is 76.0 Å². The summed E-state index contributed by atoms with van der Waals surface area (Å²) in [5.41, 5.74) is 6.71. The summed E-state index contributed by atoms with van der Waals surface area (Å²) in [6.45, 7) is 7.64. The van der Waals surface area contributed by atoms with E-state index in [4.69, 9.17) is 24.7 Å². The van der Waals surface area contributed by atoms with Gasteiger partial charge in [0.05, 0.1) is 18.2 Å². The molecule has 218 valence electrons. The van der Waals surface area contributed by atoms with Crippen LogP contribution in [0.3, 0.4) is 0 Å². The number of esters is 1. The van der Waals surface area contributed by atoms with Gasteiger partial charge in [-0.1, -0.05) is 37.6 Å². The van der Waals surface area contributed by atoms with E-state index in [1.807, 2.05) is 39.8 Å². The van der Waals surface area contributed by atoms with Crippen LogP contribution in [0.5, 0.6) is 23.0 Å². The molecule has 1 atom stereocenters. The average Bonchev–Trinajstić information content (AvgIpc) is 2.89. The number of carbonyl (C=O) groups excluding carboxylic acids is 1. The molecule has 0 bridgehead atoms. The fourth-order valence-electron chi connectivity index (χ4n) is 4.05. The minimum Gasteiger partial charge on any atom is -0.508 e. The number of phenolic OH excluding ortho intramolecular Hbond substituents is 2. The standard InChI is InChI=1S/C31H35NO9/c1-16(2)6-9-20-24(39-5)15-25-27(30(20)41-26(35)13-12-22(32)31(37)38)28(36)21(10-7-17(3)4)29(40-25)19-11-8-18(33)14-23(19)34/h6-9,11,14-16,22,33-34H,10,12-13,32H2,1-5H3,(H,37,38)/b9-6+/t22-/m0/s1. The number of aliphatic carboxylic acids is 1. The van der Waals surface area contributed by atoms with Gasteiger partial charge in [-0.15, -0.1) is 0 Å². The van der Waals surface area contributed by atoms with Crippen molar-refractivity contribution in [1.29, 1.82) is 0 Å². The highest BCUT2D eigenvalue weighted by Crippen LogP contribution is 2.41. The minimum atomic E-state index is -1.26. The molecule has 0 saturated heterocycles. The molecule has 0 aliphatic carbocycles. The third kappa shape index (κ3) is 7.34. The second-order valence-electron chi connectivity index (χ2n) is 10.2. The summed E-state index contributed by atoms with van der Waals surface area (Å²) in [5.74, 6) is -2.16. The van der Waals surface area contributed by atoms with Gasteiger partial charge in [-0.3, -0.25) is 14.4 Å². The van der Waals surface area contributed by atoms with Crippen molar-refractivity contribution in [1.82, 2.24) is 0 Å². The summed E-state index contributed by atoms with van der Waals surface area (Å²) < 4.78 is 17.5. The number of aromatic hydroxyl groups is 2. The third-order valence-corrected chi connectivity index (χ3v) is 6.23. The van der Waals surface area contributed by atoms with Crippen molar-refractivity contribution < 1.29 is 38.8 Å². The summed E-state index contributed by atoms with van der Waals surface area (Å²) in [4.78, 5) is 38.2. The average molecular weight is 566 g/mol.